The Morgan fingerprint density at radius 3 is 2.62 bits per heavy atom. The van der Waals surface area contributed by atoms with Crippen LogP contribution < -0.4 is 10.6 Å². The van der Waals surface area contributed by atoms with Crippen LogP contribution in [-0.2, 0) is 6.42 Å². The monoisotopic (exact) mass is 393 g/mol. The standard InChI is InChI=1S/C24H31N3O2/c1-4-18-10-12-19(13-11-18)17(2)26-23(28)21-8-5-7-20(15-21)22-9-6-14-27(16-22)24(29)25-3/h5,7-8,10-13,15,17,22H,4,6,9,14,16H2,1-3H3,(H,25,29)(H,26,28)/t17-,22-/m0/s1. The molecule has 2 N–H and O–H groups in total. The van der Waals surface area contributed by atoms with Crippen molar-refractivity contribution in [2.45, 2.75) is 45.1 Å². The molecule has 29 heavy (non-hydrogen) atoms. The minimum Gasteiger partial charge on any atom is -0.346 e. The van der Waals surface area contributed by atoms with E-state index in [1.165, 1.54) is 5.56 Å². The van der Waals surface area contributed by atoms with E-state index in [4.69, 9.17) is 0 Å². The number of carbonyl (C=O) groups is 2. The molecule has 5 heteroatoms. The zero-order chi connectivity index (χ0) is 20.8. The zero-order valence-electron chi connectivity index (χ0n) is 17.6. The maximum atomic E-state index is 12.8. The second-order valence-corrected chi connectivity index (χ2v) is 7.76. The maximum absolute atomic E-state index is 12.8. The summed E-state index contributed by atoms with van der Waals surface area (Å²) in [5.74, 6) is 0.186. The Labute approximate surface area is 173 Å². The predicted molar refractivity (Wildman–Crippen MR) is 116 cm³/mol. The fourth-order valence-corrected chi connectivity index (χ4v) is 3.93. The zero-order valence-corrected chi connectivity index (χ0v) is 17.6. The van der Waals surface area contributed by atoms with Crippen LogP contribution in [0.15, 0.2) is 48.5 Å². The number of carbonyl (C=O) groups excluding carboxylic acids is 2. The number of hydrogen-bond donors (Lipinski definition) is 2. The fourth-order valence-electron chi connectivity index (χ4n) is 3.93. The van der Waals surface area contributed by atoms with E-state index >= 15 is 0 Å². The summed E-state index contributed by atoms with van der Waals surface area (Å²) in [6.07, 6.45) is 3.00. The number of likely N-dealkylation sites (tertiary alicyclic amines) is 1. The molecule has 1 aliphatic heterocycles. The normalized spacial score (nSPS) is 17.5. The average molecular weight is 394 g/mol. The first-order valence-electron chi connectivity index (χ1n) is 10.5. The molecule has 2 aromatic rings. The van der Waals surface area contributed by atoms with Gasteiger partial charge in [-0.05, 0) is 55.0 Å². The second kappa shape index (κ2) is 9.59. The van der Waals surface area contributed by atoms with E-state index in [-0.39, 0.29) is 23.9 Å². The Morgan fingerprint density at radius 2 is 1.93 bits per heavy atom. The summed E-state index contributed by atoms with van der Waals surface area (Å²) in [5.41, 5.74) is 4.17. The van der Waals surface area contributed by atoms with Crippen LogP contribution in [0.3, 0.4) is 0 Å². The van der Waals surface area contributed by atoms with Gasteiger partial charge in [0.15, 0.2) is 0 Å². The van der Waals surface area contributed by atoms with Crippen LogP contribution in [0.5, 0.6) is 0 Å². The quantitative estimate of drug-likeness (QED) is 0.797. The lowest BCUT2D eigenvalue weighted by Gasteiger charge is -2.32. The van der Waals surface area contributed by atoms with Crippen molar-refractivity contribution in [2.24, 2.45) is 0 Å². The molecule has 0 aromatic heterocycles. The minimum atomic E-state index is -0.0714. The molecule has 2 atom stereocenters. The molecular weight excluding hydrogens is 362 g/mol. The molecule has 0 bridgehead atoms. The van der Waals surface area contributed by atoms with Crippen molar-refractivity contribution in [2.75, 3.05) is 20.1 Å². The van der Waals surface area contributed by atoms with Gasteiger partial charge in [-0.3, -0.25) is 4.79 Å². The van der Waals surface area contributed by atoms with E-state index in [0.717, 1.165) is 36.9 Å². The second-order valence-electron chi connectivity index (χ2n) is 7.76. The summed E-state index contributed by atoms with van der Waals surface area (Å²) in [6.45, 7) is 5.61. The highest BCUT2D eigenvalue weighted by Gasteiger charge is 2.24. The van der Waals surface area contributed by atoms with E-state index in [0.29, 0.717) is 12.1 Å². The third-order valence-electron chi connectivity index (χ3n) is 5.78. The number of urea groups is 1. The van der Waals surface area contributed by atoms with Gasteiger partial charge < -0.3 is 15.5 Å². The molecule has 3 amide bonds. The number of hydrogen-bond acceptors (Lipinski definition) is 2. The minimum absolute atomic E-state index is 0.0356. The van der Waals surface area contributed by atoms with Gasteiger partial charge in [0.2, 0.25) is 0 Å². The third kappa shape index (κ3) is 5.17. The summed E-state index contributed by atoms with van der Waals surface area (Å²) < 4.78 is 0. The van der Waals surface area contributed by atoms with Gasteiger partial charge in [-0.2, -0.15) is 0 Å². The molecule has 0 radical (unpaired) electrons. The molecule has 3 rings (SSSR count). The molecule has 1 aliphatic rings. The van der Waals surface area contributed by atoms with Crippen molar-refractivity contribution < 1.29 is 9.59 Å². The van der Waals surface area contributed by atoms with Crippen molar-refractivity contribution in [3.63, 3.8) is 0 Å². The summed E-state index contributed by atoms with van der Waals surface area (Å²) in [7, 11) is 1.66. The van der Waals surface area contributed by atoms with E-state index < -0.39 is 0 Å². The van der Waals surface area contributed by atoms with E-state index in [9.17, 15) is 9.59 Å². The Hall–Kier alpha value is -2.82. The van der Waals surface area contributed by atoms with E-state index in [1.54, 1.807) is 7.05 Å². The highest BCUT2D eigenvalue weighted by Crippen LogP contribution is 2.27. The van der Waals surface area contributed by atoms with Crippen LogP contribution in [0, 0.1) is 0 Å². The van der Waals surface area contributed by atoms with E-state index in [2.05, 4.69) is 47.9 Å². The van der Waals surface area contributed by atoms with Crippen LogP contribution >= 0.6 is 0 Å². The summed E-state index contributed by atoms with van der Waals surface area (Å²) in [4.78, 5) is 26.6. The number of piperidine rings is 1. The first-order valence-corrected chi connectivity index (χ1v) is 10.5. The summed E-state index contributed by atoms with van der Waals surface area (Å²) >= 11 is 0. The number of nitrogens with one attached hydrogen (secondary N) is 2. The lowest BCUT2D eigenvalue weighted by molar-refractivity contribution is 0.0939. The number of benzene rings is 2. The van der Waals surface area contributed by atoms with Gasteiger partial charge in [0.1, 0.15) is 0 Å². The molecule has 0 aliphatic carbocycles. The predicted octanol–water partition coefficient (Wildman–Crippen LogP) is 4.26. The van der Waals surface area contributed by atoms with Gasteiger partial charge in [0, 0.05) is 31.6 Å². The van der Waals surface area contributed by atoms with Gasteiger partial charge >= 0.3 is 6.03 Å². The van der Waals surface area contributed by atoms with Crippen LogP contribution in [0.25, 0.3) is 0 Å². The molecule has 0 saturated carbocycles. The van der Waals surface area contributed by atoms with Crippen LogP contribution in [-0.4, -0.2) is 37.0 Å². The average Bonchev–Trinajstić information content (AvgIpc) is 2.78. The van der Waals surface area contributed by atoms with Crippen molar-refractivity contribution in [1.82, 2.24) is 15.5 Å². The van der Waals surface area contributed by atoms with Gasteiger partial charge in [-0.1, -0.05) is 43.3 Å². The first-order chi connectivity index (χ1) is 14.0. The Bertz CT molecular complexity index is 847. The summed E-state index contributed by atoms with van der Waals surface area (Å²) in [5, 5.41) is 5.81. The van der Waals surface area contributed by atoms with Gasteiger partial charge in [-0.15, -0.1) is 0 Å². The molecule has 154 valence electrons. The molecule has 1 heterocycles. The molecule has 0 spiro atoms. The molecule has 1 saturated heterocycles. The lowest BCUT2D eigenvalue weighted by atomic mass is 9.89. The van der Waals surface area contributed by atoms with Crippen molar-refractivity contribution in [3.8, 4) is 0 Å². The largest absolute Gasteiger partial charge is 0.346 e. The Kier molecular flexibility index (Phi) is 6.91. The highest BCUT2D eigenvalue weighted by molar-refractivity contribution is 5.94. The third-order valence-corrected chi connectivity index (χ3v) is 5.78. The molecule has 2 aromatic carbocycles. The molecule has 1 fully saturated rings. The number of nitrogens with zero attached hydrogens (tertiary/aromatic N) is 1. The summed E-state index contributed by atoms with van der Waals surface area (Å²) in [6, 6.07) is 16.1. The lowest BCUT2D eigenvalue weighted by Crippen LogP contribution is -2.43. The van der Waals surface area contributed by atoms with Gasteiger partial charge in [0.25, 0.3) is 5.91 Å². The van der Waals surface area contributed by atoms with Crippen molar-refractivity contribution in [3.05, 3.63) is 70.8 Å². The Morgan fingerprint density at radius 1 is 1.17 bits per heavy atom. The molecule has 0 unspecified atom stereocenters. The smallest absolute Gasteiger partial charge is 0.317 e. The number of amides is 3. The fraction of sp³-hybridized carbons (Fsp3) is 0.417. The highest BCUT2D eigenvalue weighted by atomic mass is 16.2. The van der Waals surface area contributed by atoms with E-state index in [1.807, 2.05) is 30.0 Å². The first kappa shape index (κ1) is 20.9. The maximum Gasteiger partial charge on any atom is 0.317 e. The van der Waals surface area contributed by atoms with Crippen LogP contribution in [0.4, 0.5) is 4.79 Å². The Balaban J connectivity index is 1.68. The topological polar surface area (TPSA) is 61.4 Å². The van der Waals surface area contributed by atoms with Crippen LogP contribution in [0.2, 0.25) is 0 Å². The SMILES string of the molecule is CCc1ccc([C@H](C)NC(=O)c2cccc([C@H]3CCCN(C(=O)NC)C3)c2)cc1. The molecule has 5 nitrogen and oxygen atoms in total. The van der Waals surface area contributed by atoms with Crippen molar-refractivity contribution in [1.29, 1.82) is 0 Å². The van der Waals surface area contributed by atoms with Crippen molar-refractivity contribution >= 4 is 11.9 Å². The van der Waals surface area contributed by atoms with Gasteiger partial charge in [-0.25, -0.2) is 4.79 Å². The number of aryl methyl sites for hydroxylation is 1. The van der Waals surface area contributed by atoms with Gasteiger partial charge in [0.05, 0.1) is 6.04 Å². The van der Waals surface area contributed by atoms with Crippen LogP contribution in [0.1, 0.15) is 65.7 Å². The number of rotatable bonds is 5. The molecular formula is C24H31N3O2.